The largest absolute Gasteiger partial charge is 0.138 e. The van der Waals surface area contributed by atoms with E-state index in [-0.39, 0.29) is 0 Å². The van der Waals surface area contributed by atoms with Crippen molar-refractivity contribution in [1.29, 1.82) is 0 Å². The summed E-state index contributed by atoms with van der Waals surface area (Å²) >= 11 is 0. The van der Waals surface area contributed by atoms with Crippen LogP contribution in [-0.4, -0.2) is 6.16 Å². The van der Waals surface area contributed by atoms with Gasteiger partial charge in [-0.2, -0.15) is 0 Å². The van der Waals surface area contributed by atoms with Gasteiger partial charge >= 0.3 is 0 Å². The molecule has 0 nitrogen and oxygen atoms in total. The molecule has 0 amide bonds. The van der Waals surface area contributed by atoms with Gasteiger partial charge in [-0.15, -0.1) is 9.24 Å². The number of rotatable bonds is 3. The number of hydrogen-bond donors (Lipinski definition) is 0. The van der Waals surface area contributed by atoms with E-state index in [9.17, 15) is 0 Å². The zero-order valence-corrected chi connectivity index (χ0v) is 14.2. The van der Waals surface area contributed by atoms with E-state index in [2.05, 4.69) is 101 Å². The van der Waals surface area contributed by atoms with Gasteiger partial charge in [0.05, 0.1) is 0 Å². The van der Waals surface area contributed by atoms with Crippen LogP contribution in [0.25, 0.3) is 22.3 Å². The molecule has 0 heterocycles. The summed E-state index contributed by atoms with van der Waals surface area (Å²) in [5.41, 5.74) is 5.09. The average Bonchev–Trinajstić information content (AvgIpc) is 2.63. The lowest BCUT2D eigenvalue weighted by atomic mass is 9.95. The van der Waals surface area contributed by atoms with E-state index < -0.39 is 0 Å². The van der Waals surface area contributed by atoms with Gasteiger partial charge in [0, 0.05) is 0 Å². The molecule has 3 aromatic carbocycles. The van der Waals surface area contributed by atoms with Crippen LogP contribution < -0.4 is 0 Å². The fourth-order valence-electron chi connectivity index (χ4n) is 2.22. The molecule has 0 spiro atoms. The van der Waals surface area contributed by atoms with Crippen molar-refractivity contribution in [1.82, 2.24) is 0 Å². The maximum atomic E-state index is 2.66. The predicted octanol–water partition coefficient (Wildman–Crippen LogP) is 6.29. The first kappa shape index (κ1) is 16.5. The Morgan fingerprint density at radius 2 is 0.909 bits per heavy atom. The molecule has 112 valence electrons. The molecular formula is C21H23P. The van der Waals surface area contributed by atoms with E-state index in [4.69, 9.17) is 0 Å². The maximum Gasteiger partial charge on any atom is -0.0105 e. The summed E-state index contributed by atoms with van der Waals surface area (Å²) in [6.07, 6.45) is 2.52. The van der Waals surface area contributed by atoms with Gasteiger partial charge in [-0.05, 0) is 28.4 Å². The highest BCUT2D eigenvalue weighted by Crippen LogP contribution is 2.31. The van der Waals surface area contributed by atoms with Crippen LogP contribution in [0, 0.1) is 0 Å². The Hall–Kier alpha value is -1.91. The standard InChI is InChI=1S/C18H14.C3H9P/c1-3-9-15(10-4-1)17-13-7-8-14-18(17)16-11-5-2-6-12-16;1-2-3-4/h1-14H;2-4H2,1H3. The molecule has 0 aliphatic carbocycles. The number of hydrogen-bond acceptors (Lipinski definition) is 0. The first-order valence-corrected chi connectivity index (χ1v) is 8.58. The van der Waals surface area contributed by atoms with Gasteiger partial charge in [0.2, 0.25) is 0 Å². The van der Waals surface area contributed by atoms with Crippen molar-refractivity contribution in [2.24, 2.45) is 0 Å². The van der Waals surface area contributed by atoms with Gasteiger partial charge < -0.3 is 0 Å². The normalized spacial score (nSPS) is 9.73. The SMILES string of the molecule is CCCP.c1ccc(-c2ccccc2-c2ccccc2)cc1. The zero-order valence-electron chi connectivity index (χ0n) is 13.1. The second-order valence-corrected chi connectivity index (χ2v) is 5.64. The van der Waals surface area contributed by atoms with E-state index in [1.165, 1.54) is 34.8 Å². The van der Waals surface area contributed by atoms with Crippen LogP contribution in [0.4, 0.5) is 0 Å². The van der Waals surface area contributed by atoms with E-state index in [1.807, 2.05) is 0 Å². The molecule has 22 heavy (non-hydrogen) atoms. The second kappa shape index (κ2) is 9.18. The quantitative estimate of drug-likeness (QED) is 0.499. The minimum absolute atomic E-state index is 1.24. The van der Waals surface area contributed by atoms with Crippen LogP contribution in [0.15, 0.2) is 84.9 Å². The van der Waals surface area contributed by atoms with Crippen LogP contribution in [0.1, 0.15) is 13.3 Å². The molecule has 0 aliphatic heterocycles. The van der Waals surface area contributed by atoms with Gasteiger partial charge in [0.25, 0.3) is 0 Å². The molecular weight excluding hydrogens is 283 g/mol. The van der Waals surface area contributed by atoms with Gasteiger partial charge in [-0.3, -0.25) is 0 Å². The molecule has 1 atom stereocenters. The second-order valence-electron chi connectivity index (χ2n) is 5.07. The molecule has 0 saturated heterocycles. The summed E-state index contributed by atoms with van der Waals surface area (Å²) in [5.74, 6) is 0. The molecule has 0 aromatic heterocycles. The van der Waals surface area contributed by atoms with E-state index >= 15 is 0 Å². The summed E-state index contributed by atoms with van der Waals surface area (Å²) in [6, 6.07) is 29.6. The fourth-order valence-corrected chi connectivity index (χ4v) is 2.22. The first-order chi connectivity index (χ1) is 10.9. The Morgan fingerprint density at radius 3 is 1.23 bits per heavy atom. The molecule has 3 aromatic rings. The van der Waals surface area contributed by atoms with Gasteiger partial charge in [-0.1, -0.05) is 98.3 Å². The molecule has 3 rings (SSSR count). The lowest BCUT2D eigenvalue weighted by Crippen LogP contribution is -1.83. The summed E-state index contributed by atoms with van der Waals surface area (Å²) in [6.45, 7) is 2.16. The summed E-state index contributed by atoms with van der Waals surface area (Å²) in [4.78, 5) is 0. The van der Waals surface area contributed by atoms with Crippen molar-refractivity contribution in [3.8, 4) is 22.3 Å². The Morgan fingerprint density at radius 1 is 0.591 bits per heavy atom. The lowest BCUT2D eigenvalue weighted by Gasteiger charge is -2.09. The molecule has 1 heteroatoms. The summed E-state index contributed by atoms with van der Waals surface area (Å²) < 4.78 is 0. The van der Waals surface area contributed by atoms with Crippen LogP contribution in [0.5, 0.6) is 0 Å². The van der Waals surface area contributed by atoms with E-state index in [0.717, 1.165) is 0 Å². The Balaban J connectivity index is 0.000000396. The van der Waals surface area contributed by atoms with Crippen molar-refractivity contribution >= 4 is 9.24 Å². The van der Waals surface area contributed by atoms with E-state index in [1.54, 1.807) is 0 Å². The maximum absolute atomic E-state index is 2.66. The molecule has 1 unspecified atom stereocenters. The first-order valence-electron chi connectivity index (χ1n) is 7.76. The molecule has 0 saturated carbocycles. The summed E-state index contributed by atoms with van der Waals surface area (Å²) in [5, 5.41) is 0. The van der Waals surface area contributed by atoms with Crippen LogP contribution in [-0.2, 0) is 0 Å². The number of benzene rings is 3. The predicted molar refractivity (Wildman–Crippen MR) is 102 cm³/mol. The molecule has 0 bridgehead atoms. The topological polar surface area (TPSA) is 0 Å². The monoisotopic (exact) mass is 306 g/mol. The van der Waals surface area contributed by atoms with Crippen molar-refractivity contribution in [2.45, 2.75) is 13.3 Å². The Bertz CT molecular complexity index is 599. The van der Waals surface area contributed by atoms with Gasteiger partial charge in [0.15, 0.2) is 0 Å². The Labute approximate surface area is 136 Å². The van der Waals surface area contributed by atoms with Crippen LogP contribution in [0.3, 0.4) is 0 Å². The van der Waals surface area contributed by atoms with Gasteiger partial charge in [0.1, 0.15) is 0 Å². The smallest absolute Gasteiger partial charge is 0.0105 e. The Kier molecular flexibility index (Phi) is 6.87. The molecule has 0 N–H and O–H groups in total. The van der Waals surface area contributed by atoms with E-state index in [0.29, 0.717) is 0 Å². The third-order valence-corrected chi connectivity index (χ3v) is 3.96. The fraction of sp³-hybridized carbons (Fsp3) is 0.143. The average molecular weight is 306 g/mol. The zero-order chi connectivity index (χ0) is 15.6. The van der Waals surface area contributed by atoms with Crippen molar-refractivity contribution in [3.63, 3.8) is 0 Å². The highest BCUT2D eigenvalue weighted by molar-refractivity contribution is 7.16. The molecule has 0 fully saturated rings. The molecule has 0 radical (unpaired) electrons. The van der Waals surface area contributed by atoms with Gasteiger partial charge in [-0.25, -0.2) is 0 Å². The van der Waals surface area contributed by atoms with Crippen LogP contribution in [0.2, 0.25) is 0 Å². The third-order valence-electron chi connectivity index (χ3n) is 3.39. The minimum Gasteiger partial charge on any atom is -0.138 e. The highest BCUT2D eigenvalue weighted by Gasteiger charge is 2.05. The highest BCUT2D eigenvalue weighted by atomic mass is 31.0. The van der Waals surface area contributed by atoms with Crippen molar-refractivity contribution in [2.75, 3.05) is 6.16 Å². The third kappa shape index (κ3) is 4.55. The molecule has 0 aliphatic rings. The van der Waals surface area contributed by atoms with Crippen molar-refractivity contribution < 1.29 is 0 Å². The van der Waals surface area contributed by atoms with Crippen molar-refractivity contribution in [3.05, 3.63) is 84.9 Å². The van der Waals surface area contributed by atoms with Crippen LogP contribution >= 0.6 is 9.24 Å². The minimum atomic E-state index is 1.24. The lowest BCUT2D eigenvalue weighted by molar-refractivity contribution is 1.11. The summed E-state index contributed by atoms with van der Waals surface area (Å²) in [7, 11) is 2.66.